The summed E-state index contributed by atoms with van der Waals surface area (Å²) in [4.78, 5) is 13.8. The van der Waals surface area contributed by atoms with Crippen molar-refractivity contribution in [3.8, 4) is 5.75 Å². The summed E-state index contributed by atoms with van der Waals surface area (Å²) < 4.78 is 6.67. The van der Waals surface area contributed by atoms with Gasteiger partial charge in [-0.05, 0) is 51.2 Å². The quantitative estimate of drug-likeness (QED) is 0.670. The summed E-state index contributed by atoms with van der Waals surface area (Å²) in [5.41, 5.74) is 0. The van der Waals surface area contributed by atoms with Gasteiger partial charge < -0.3 is 15.0 Å². The van der Waals surface area contributed by atoms with Crippen molar-refractivity contribution in [2.24, 2.45) is 0 Å². The summed E-state index contributed by atoms with van der Waals surface area (Å²) in [6, 6.07) is 7.70. The average Bonchev–Trinajstić information content (AvgIpc) is 2.45. The Hall–Kier alpha value is -0.780. The molecule has 0 fully saturated rings. The molecule has 4 nitrogen and oxygen atoms in total. The van der Waals surface area contributed by atoms with E-state index >= 15 is 0 Å². The van der Waals surface area contributed by atoms with E-state index < -0.39 is 0 Å². The van der Waals surface area contributed by atoms with Crippen LogP contribution in [0.15, 0.2) is 28.7 Å². The number of carbonyl (C=O) groups is 1. The van der Waals surface area contributed by atoms with E-state index in [1.165, 1.54) is 0 Å². The molecule has 0 saturated carbocycles. The molecule has 0 aliphatic heterocycles. The topological polar surface area (TPSA) is 41.6 Å². The van der Waals surface area contributed by atoms with E-state index in [2.05, 4.69) is 21.2 Å². The average molecular weight is 380 g/mol. The van der Waals surface area contributed by atoms with Crippen LogP contribution in [0.25, 0.3) is 0 Å². The molecule has 1 aromatic carbocycles. The summed E-state index contributed by atoms with van der Waals surface area (Å²) in [6.07, 6.45) is 1.46. The lowest BCUT2D eigenvalue weighted by molar-refractivity contribution is -0.131. The second-order valence-electron chi connectivity index (χ2n) is 4.48. The normalized spacial score (nSPS) is 9.86. The molecule has 6 heteroatoms. The van der Waals surface area contributed by atoms with Crippen molar-refractivity contribution >= 4 is 34.2 Å². The number of amides is 1. The third kappa shape index (κ3) is 8.29. The van der Waals surface area contributed by atoms with Gasteiger partial charge in [0.1, 0.15) is 12.4 Å². The standard InChI is InChI=1S/C15H23BrN2O2.ClH/c1-3-18(15(19)5-4-10-17-2)11-12-20-14-8-6-13(16)7-9-14;/h6-9,17H,3-5,10-12H2,1-2H3;1H. The molecule has 0 aliphatic rings. The first-order valence-corrected chi connectivity index (χ1v) is 7.77. The summed E-state index contributed by atoms with van der Waals surface area (Å²) in [7, 11) is 1.90. The van der Waals surface area contributed by atoms with Gasteiger partial charge in [0.2, 0.25) is 5.91 Å². The summed E-state index contributed by atoms with van der Waals surface area (Å²) in [6.45, 7) is 4.74. The number of carbonyl (C=O) groups excluding carboxylic acids is 1. The second kappa shape index (κ2) is 11.8. The molecule has 0 saturated heterocycles. The van der Waals surface area contributed by atoms with Gasteiger partial charge in [-0.2, -0.15) is 0 Å². The largest absolute Gasteiger partial charge is 0.492 e. The van der Waals surface area contributed by atoms with Crippen LogP contribution in [0.1, 0.15) is 19.8 Å². The van der Waals surface area contributed by atoms with Crippen LogP contribution in [0.4, 0.5) is 0 Å². The highest BCUT2D eigenvalue weighted by atomic mass is 79.9. The van der Waals surface area contributed by atoms with E-state index in [1.807, 2.05) is 43.1 Å². The predicted octanol–water partition coefficient (Wildman–Crippen LogP) is 3.10. The van der Waals surface area contributed by atoms with Gasteiger partial charge in [-0.3, -0.25) is 4.79 Å². The Labute approximate surface area is 141 Å². The van der Waals surface area contributed by atoms with Crippen LogP contribution in [0, 0.1) is 0 Å². The van der Waals surface area contributed by atoms with Gasteiger partial charge in [-0.15, -0.1) is 12.4 Å². The number of hydrogen-bond donors (Lipinski definition) is 1. The molecule has 0 bridgehead atoms. The van der Waals surface area contributed by atoms with E-state index in [0.29, 0.717) is 19.6 Å². The molecule has 1 amide bonds. The molecular formula is C15H24BrClN2O2. The van der Waals surface area contributed by atoms with Crippen LogP contribution in [-0.2, 0) is 4.79 Å². The Kier molecular flexibility index (Phi) is 11.4. The molecule has 0 heterocycles. The molecule has 0 unspecified atom stereocenters. The third-order valence-corrected chi connectivity index (χ3v) is 3.52. The fourth-order valence-electron chi connectivity index (χ4n) is 1.84. The lowest BCUT2D eigenvalue weighted by Gasteiger charge is -2.21. The maximum absolute atomic E-state index is 12.0. The Morgan fingerprint density at radius 1 is 1.33 bits per heavy atom. The van der Waals surface area contributed by atoms with Crippen LogP contribution >= 0.6 is 28.3 Å². The van der Waals surface area contributed by atoms with Gasteiger partial charge in [0.05, 0.1) is 6.54 Å². The first kappa shape index (κ1) is 20.2. The molecular weight excluding hydrogens is 356 g/mol. The number of ether oxygens (including phenoxy) is 1. The minimum absolute atomic E-state index is 0. The van der Waals surface area contributed by atoms with E-state index in [0.717, 1.165) is 29.7 Å². The highest BCUT2D eigenvalue weighted by molar-refractivity contribution is 9.10. The zero-order chi connectivity index (χ0) is 14.8. The van der Waals surface area contributed by atoms with Crippen molar-refractivity contribution in [1.82, 2.24) is 10.2 Å². The first-order valence-electron chi connectivity index (χ1n) is 6.98. The monoisotopic (exact) mass is 378 g/mol. The smallest absolute Gasteiger partial charge is 0.222 e. The number of hydrogen-bond acceptors (Lipinski definition) is 3. The third-order valence-electron chi connectivity index (χ3n) is 3.00. The minimum atomic E-state index is 0. The van der Waals surface area contributed by atoms with Crippen molar-refractivity contribution < 1.29 is 9.53 Å². The fourth-order valence-corrected chi connectivity index (χ4v) is 2.10. The van der Waals surface area contributed by atoms with Gasteiger partial charge in [-0.1, -0.05) is 15.9 Å². The van der Waals surface area contributed by atoms with Gasteiger partial charge in [-0.25, -0.2) is 0 Å². The van der Waals surface area contributed by atoms with E-state index in [9.17, 15) is 4.79 Å². The molecule has 120 valence electrons. The van der Waals surface area contributed by atoms with Gasteiger partial charge in [0.15, 0.2) is 0 Å². The van der Waals surface area contributed by atoms with Crippen molar-refractivity contribution in [3.63, 3.8) is 0 Å². The molecule has 21 heavy (non-hydrogen) atoms. The molecule has 0 aliphatic carbocycles. The molecule has 1 N–H and O–H groups in total. The van der Waals surface area contributed by atoms with Crippen LogP contribution in [-0.4, -0.2) is 44.1 Å². The van der Waals surface area contributed by atoms with Crippen molar-refractivity contribution in [2.45, 2.75) is 19.8 Å². The number of benzene rings is 1. The Morgan fingerprint density at radius 2 is 2.00 bits per heavy atom. The summed E-state index contributed by atoms with van der Waals surface area (Å²) in [5, 5.41) is 3.05. The second-order valence-corrected chi connectivity index (χ2v) is 5.40. The molecule has 0 spiro atoms. The van der Waals surface area contributed by atoms with Gasteiger partial charge >= 0.3 is 0 Å². The lowest BCUT2D eigenvalue weighted by atomic mass is 10.2. The zero-order valence-electron chi connectivity index (χ0n) is 12.6. The Morgan fingerprint density at radius 3 is 2.57 bits per heavy atom. The number of likely N-dealkylation sites (N-methyl/N-ethyl adjacent to an activating group) is 1. The number of halogens is 2. The summed E-state index contributed by atoms with van der Waals surface area (Å²) in [5.74, 6) is 1.02. The predicted molar refractivity (Wildman–Crippen MR) is 92.3 cm³/mol. The van der Waals surface area contributed by atoms with Crippen molar-refractivity contribution in [3.05, 3.63) is 28.7 Å². The summed E-state index contributed by atoms with van der Waals surface area (Å²) >= 11 is 3.38. The van der Waals surface area contributed by atoms with Gasteiger partial charge in [0, 0.05) is 17.4 Å². The maximum atomic E-state index is 12.0. The minimum Gasteiger partial charge on any atom is -0.492 e. The zero-order valence-corrected chi connectivity index (χ0v) is 15.0. The van der Waals surface area contributed by atoms with E-state index in [1.54, 1.807) is 0 Å². The SMILES string of the molecule is CCN(CCOc1ccc(Br)cc1)C(=O)CCCNC.Cl. The van der Waals surface area contributed by atoms with Crippen LogP contribution in [0.2, 0.25) is 0 Å². The number of nitrogens with one attached hydrogen (secondary N) is 1. The highest BCUT2D eigenvalue weighted by Gasteiger charge is 2.10. The van der Waals surface area contributed by atoms with E-state index in [-0.39, 0.29) is 18.3 Å². The first-order chi connectivity index (χ1) is 9.67. The highest BCUT2D eigenvalue weighted by Crippen LogP contribution is 2.15. The maximum Gasteiger partial charge on any atom is 0.222 e. The van der Waals surface area contributed by atoms with E-state index in [4.69, 9.17) is 4.74 Å². The van der Waals surface area contributed by atoms with Crippen molar-refractivity contribution in [2.75, 3.05) is 33.3 Å². The molecule has 0 aromatic heterocycles. The molecule has 1 aromatic rings. The van der Waals surface area contributed by atoms with Crippen LogP contribution in [0.5, 0.6) is 5.75 Å². The number of nitrogens with zero attached hydrogens (tertiary/aromatic N) is 1. The Bertz CT molecular complexity index is 401. The number of rotatable bonds is 9. The fraction of sp³-hybridized carbons (Fsp3) is 0.533. The van der Waals surface area contributed by atoms with Crippen LogP contribution < -0.4 is 10.1 Å². The molecule has 0 atom stereocenters. The van der Waals surface area contributed by atoms with Gasteiger partial charge in [0.25, 0.3) is 0 Å². The van der Waals surface area contributed by atoms with Crippen LogP contribution in [0.3, 0.4) is 0 Å². The van der Waals surface area contributed by atoms with Crippen molar-refractivity contribution in [1.29, 1.82) is 0 Å². The molecule has 1 rings (SSSR count). The molecule has 0 radical (unpaired) electrons. The Balaban J connectivity index is 0.00000400. The lowest BCUT2D eigenvalue weighted by Crippen LogP contribution is -2.34.